The molecule has 0 bridgehead atoms. The third kappa shape index (κ3) is 5.04. The molecule has 2 amide bonds. The Hall–Kier alpha value is -2.23. The van der Waals surface area contributed by atoms with Crippen molar-refractivity contribution in [3.8, 4) is 0 Å². The first-order valence-corrected chi connectivity index (χ1v) is 11.8. The van der Waals surface area contributed by atoms with Gasteiger partial charge >= 0.3 is 0 Å². The molecule has 156 valence electrons. The van der Waals surface area contributed by atoms with Crippen LogP contribution in [0.15, 0.2) is 40.6 Å². The summed E-state index contributed by atoms with van der Waals surface area (Å²) in [6.07, 6.45) is 1.25. The Labute approximate surface area is 175 Å². The lowest BCUT2D eigenvalue weighted by atomic mass is 9.98. The minimum absolute atomic E-state index is 0.154. The van der Waals surface area contributed by atoms with E-state index >= 15 is 0 Å². The van der Waals surface area contributed by atoms with Crippen molar-refractivity contribution in [1.29, 1.82) is 0 Å². The van der Waals surface area contributed by atoms with E-state index in [0.29, 0.717) is 41.4 Å². The number of sulfonamides is 1. The van der Waals surface area contributed by atoms with Crippen molar-refractivity contribution in [3.05, 3.63) is 46.8 Å². The lowest BCUT2D eigenvalue weighted by molar-refractivity contribution is -0.120. The second kappa shape index (κ2) is 9.06. The van der Waals surface area contributed by atoms with Gasteiger partial charge in [-0.2, -0.15) is 4.31 Å². The quantitative estimate of drug-likeness (QED) is 0.729. The second-order valence-corrected chi connectivity index (χ2v) is 10.4. The van der Waals surface area contributed by atoms with Crippen LogP contribution in [-0.2, 0) is 14.8 Å². The summed E-state index contributed by atoms with van der Waals surface area (Å²) in [6, 6.07) is 10.1. The molecule has 0 aliphatic carbocycles. The largest absolute Gasteiger partial charge is 0.352 e. The Morgan fingerprint density at radius 2 is 2.03 bits per heavy atom. The fraction of sp³-hybridized carbons (Fsp3) is 0.400. The number of nitrogens with one attached hydrogen (secondary N) is 2. The van der Waals surface area contributed by atoms with Gasteiger partial charge in [-0.25, -0.2) is 8.42 Å². The van der Waals surface area contributed by atoms with Crippen LogP contribution in [-0.4, -0.2) is 44.2 Å². The van der Waals surface area contributed by atoms with Crippen LogP contribution in [0.2, 0.25) is 0 Å². The molecule has 2 N–H and O–H groups in total. The van der Waals surface area contributed by atoms with E-state index in [0.717, 1.165) is 4.88 Å². The molecule has 0 saturated carbocycles. The maximum atomic E-state index is 12.9. The standard InChI is InChI=1S/C20H25N3O4S2/c1-3-21-19(24)15-6-4-8-17(12-15)22-20(25)16-7-5-11-23(13-16)29(26,27)18-10-9-14(2)28-18/h4,6,8-10,12,16H,3,5,7,11,13H2,1-2H3,(H,21,24)(H,22,25). The first-order chi connectivity index (χ1) is 13.8. The van der Waals surface area contributed by atoms with Crippen molar-refractivity contribution in [2.24, 2.45) is 5.92 Å². The van der Waals surface area contributed by atoms with E-state index in [1.54, 1.807) is 36.4 Å². The van der Waals surface area contributed by atoms with Gasteiger partial charge in [0.25, 0.3) is 15.9 Å². The first kappa shape index (κ1) is 21.5. The zero-order valence-electron chi connectivity index (χ0n) is 16.5. The number of nitrogens with zero attached hydrogens (tertiary/aromatic N) is 1. The van der Waals surface area contributed by atoms with Gasteiger partial charge < -0.3 is 10.6 Å². The van der Waals surface area contributed by atoms with E-state index in [2.05, 4.69) is 10.6 Å². The lowest BCUT2D eigenvalue weighted by Crippen LogP contribution is -2.43. The van der Waals surface area contributed by atoms with E-state index < -0.39 is 15.9 Å². The molecule has 1 aromatic heterocycles. The van der Waals surface area contributed by atoms with Gasteiger partial charge in [-0.05, 0) is 57.0 Å². The molecule has 1 aliphatic heterocycles. The molecule has 2 aromatic rings. The van der Waals surface area contributed by atoms with Gasteiger partial charge in [-0.3, -0.25) is 9.59 Å². The van der Waals surface area contributed by atoms with Crippen LogP contribution in [0.4, 0.5) is 5.69 Å². The van der Waals surface area contributed by atoms with Crippen molar-refractivity contribution in [2.45, 2.75) is 30.9 Å². The number of carbonyl (C=O) groups is 2. The number of hydrogen-bond acceptors (Lipinski definition) is 5. The lowest BCUT2D eigenvalue weighted by Gasteiger charge is -2.30. The average molecular weight is 436 g/mol. The van der Waals surface area contributed by atoms with Crippen molar-refractivity contribution < 1.29 is 18.0 Å². The Morgan fingerprint density at radius 3 is 2.72 bits per heavy atom. The van der Waals surface area contributed by atoms with Gasteiger partial charge in [0.15, 0.2) is 0 Å². The first-order valence-electron chi connectivity index (χ1n) is 9.57. The number of rotatable bonds is 6. The molecular formula is C20H25N3O4S2. The summed E-state index contributed by atoms with van der Waals surface area (Å²) in [5, 5.41) is 5.55. The number of carbonyl (C=O) groups excluding carboxylic acids is 2. The molecule has 1 atom stereocenters. The Balaban J connectivity index is 1.69. The molecule has 1 aromatic carbocycles. The van der Waals surface area contributed by atoms with E-state index in [-0.39, 0.29) is 18.4 Å². The fourth-order valence-corrected chi connectivity index (χ4v) is 6.26. The highest BCUT2D eigenvalue weighted by molar-refractivity contribution is 7.91. The summed E-state index contributed by atoms with van der Waals surface area (Å²) < 4.78 is 27.4. The fourth-order valence-electron chi connectivity index (χ4n) is 3.30. The molecule has 9 heteroatoms. The normalized spacial score (nSPS) is 17.7. The predicted octanol–water partition coefficient (Wildman–Crippen LogP) is 2.85. The van der Waals surface area contributed by atoms with E-state index in [4.69, 9.17) is 0 Å². The van der Waals surface area contributed by atoms with E-state index in [1.807, 2.05) is 13.8 Å². The predicted molar refractivity (Wildman–Crippen MR) is 114 cm³/mol. The monoisotopic (exact) mass is 435 g/mol. The SMILES string of the molecule is CCNC(=O)c1cccc(NC(=O)C2CCCN(S(=O)(=O)c3ccc(C)s3)C2)c1. The molecule has 7 nitrogen and oxygen atoms in total. The number of hydrogen-bond donors (Lipinski definition) is 2. The molecule has 1 aliphatic rings. The number of amides is 2. The molecule has 0 spiro atoms. The minimum atomic E-state index is -3.59. The molecule has 1 unspecified atom stereocenters. The second-order valence-electron chi connectivity index (χ2n) is 7.00. The van der Waals surface area contributed by atoms with Gasteiger partial charge in [0, 0.05) is 35.8 Å². The summed E-state index contributed by atoms with van der Waals surface area (Å²) in [5.74, 6) is -0.877. The molecule has 1 fully saturated rings. The summed E-state index contributed by atoms with van der Waals surface area (Å²) in [6.45, 7) is 4.79. The van der Waals surface area contributed by atoms with Crippen LogP contribution in [0.1, 0.15) is 35.0 Å². The molecule has 1 saturated heterocycles. The highest BCUT2D eigenvalue weighted by Gasteiger charge is 2.34. The Morgan fingerprint density at radius 1 is 1.24 bits per heavy atom. The van der Waals surface area contributed by atoms with Crippen molar-refractivity contribution >= 4 is 38.9 Å². The van der Waals surface area contributed by atoms with Crippen LogP contribution in [0.5, 0.6) is 0 Å². The van der Waals surface area contributed by atoms with Crippen LogP contribution in [0.3, 0.4) is 0 Å². The number of anilines is 1. The van der Waals surface area contributed by atoms with Gasteiger partial charge in [0.2, 0.25) is 5.91 Å². The number of aryl methyl sites for hydroxylation is 1. The Bertz CT molecular complexity index is 1000. The zero-order chi connectivity index (χ0) is 21.0. The number of thiophene rings is 1. The molecule has 2 heterocycles. The van der Waals surface area contributed by atoms with E-state index in [9.17, 15) is 18.0 Å². The maximum Gasteiger partial charge on any atom is 0.252 e. The summed E-state index contributed by atoms with van der Waals surface area (Å²) in [5.41, 5.74) is 0.984. The zero-order valence-corrected chi connectivity index (χ0v) is 18.1. The third-order valence-electron chi connectivity index (χ3n) is 4.79. The van der Waals surface area contributed by atoms with Gasteiger partial charge in [0.1, 0.15) is 4.21 Å². The van der Waals surface area contributed by atoms with E-state index in [1.165, 1.54) is 15.6 Å². The van der Waals surface area contributed by atoms with Crippen LogP contribution >= 0.6 is 11.3 Å². The van der Waals surface area contributed by atoms with Crippen molar-refractivity contribution in [2.75, 3.05) is 25.0 Å². The summed E-state index contributed by atoms with van der Waals surface area (Å²) in [7, 11) is -3.59. The number of piperidine rings is 1. The van der Waals surface area contributed by atoms with Gasteiger partial charge in [-0.1, -0.05) is 6.07 Å². The smallest absolute Gasteiger partial charge is 0.252 e. The van der Waals surface area contributed by atoms with Crippen LogP contribution in [0.25, 0.3) is 0 Å². The molecule has 29 heavy (non-hydrogen) atoms. The highest BCUT2D eigenvalue weighted by Crippen LogP contribution is 2.28. The van der Waals surface area contributed by atoms with Crippen LogP contribution < -0.4 is 10.6 Å². The Kier molecular flexibility index (Phi) is 6.71. The maximum absolute atomic E-state index is 12.9. The number of benzene rings is 1. The minimum Gasteiger partial charge on any atom is -0.352 e. The summed E-state index contributed by atoms with van der Waals surface area (Å²) >= 11 is 1.24. The topological polar surface area (TPSA) is 95.6 Å². The van der Waals surface area contributed by atoms with Crippen LogP contribution in [0, 0.1) is 12.8 Å². The van der Waals surface area contributed by atoms with Gasteiger partial charge in [0.05, 0.1) is 5.92 Å². The molecular weight excluding hydrogens is 410 g/mol. The van der Waals surface area contributed by atoms with Crippen molar-refractivity contribution in [1.82, 2.24) is 9.62 Å². The van der Waals surface area contributed by atoms with Gasteiger partial charge in [-0.15, -0.1) is 11.3 Å². The third-order valence-corrected chi connectivity index (χ3v) is 8.13. The summed E-state index contributed by atoms with van der Waals surface area (Å²) in [4.78, 5) is 25.7. The molecule has 3 rings (SSSR count). The highest BCUT2D eigenvalue weighted by atomic mass is 32.2. The van der Waals surface area contributed by atoms with Crippen molar-refractivity contribution in [3.63, 3.8) is 0 Å². The molecule has 0 radical (unpaired) electrons. The average Bonchev–Trinajstić information content (AvgIpc) is 3.16.